The molecule has 0 saturated carbocycles. The van der Waals surface area contributed by atoms with E-state index in [0.29, 0.717) is 11.1 Å². The molecule has 24 heavy (non-hydrogen) atoms. The molecule has 126 valence electrons. The fourth-order valence-corrected chi connectivity index (χ4v) is 2.43. The van der Waals surface area contributed by atoms with Gasteiger partial charge in [0, 0.05) is 23.5 Å². The monoisotopic (exact) mass is 355 g/mol. The first-order chi connectivity index (χ1) is 11.3. The van der Waals surface area contributed by atoms with Gasteiger partial charge in [-0.1, -0.05) is 18.2 Å². The number of amides is 2. The van der Waals surface area contributed by atoms with Gasteiger partial charge in [-0.3, -0.25) is 20.4 Å². The highest BCUT2D eigenvalue weighted by Crippen LogP contribution is 2.37. The molecule has 0 aliphatic carbocycles. The van der Waals surface area contributed by atoms with Gasteiger partial charge >= 0.3 is 5.51 Å². The smallest absolute Gasteiger partial charge is 0.267 e. The van der Waals surface area contributed by atoms with Crippen LogP contribution >= 0.6 is 11.8 Å². The van der Waals surface area contributed by atoms with Crippen LogP contribution in [-0.2, 0) is 0 Å². The predicted octanol–water partition coefficient (Wildman–Crippen LogP) is 3.08. The van der Waals surface area contributed by atoms with Gasteiger partial charge in [-0.15, -0.1) is 0 Å². The number of hydrogen-bond acceptors (Lipinski definition) is 4. The number of hydrogen-bond donors (Lipinski definition) is 2. The van der Waals surface area contributed by atoms with E-state index in [2.05, 4.69) is 15.8 Å². The third kappa shape index (κ3) is 4.72. The van der Waals surface area contributed by atoms with E-state index in [1.54, 1.807) is 31.2 Å². The predicted molar refractivity (Wildman–Crippen MR) is 82.3 cm³/mol. The van der Waals surface area contributed by atoms with Gasteiger partial charge in [-0.2, -0.15) is 13.2 Å². The molecule has 0 fully saturated rings. The molecule has 0 unspecified atom stereocenters. The summed E-state index contributed by atoms with van der Waals surface area (Å²) in [6.45, 7) is 1.72. The quantitative estimate of drug-likeness (QED) is 0.656. The number of hydrazine groups is 1. The second-order valence-corrected chi connectivity index (χ2v) is 5.68. The van der Waals surface area contributed by atoms with E-state index >= 15 is 0 Å². The van der Waals surface area contributed by atoms with E-state index in [1.807, 2.05) is 0 Å². The molecule has 1 heterocycles. The molecule has 0 aliphatic heterocycles. The summed E-state index contributed by atoms with van der Waals surface area (Å²) in [6, 6.07) is 9.21. The van der Waals surface area contributed by atoms with E-state index in [9.17, 15) is 22.8 Å². The van der Waals surface area contributed by atoms with Crippen molar-refractivity contribution in [2.75, 3.05) is 0 Å². The van der Waals surface area contributed by atoms with E-state index in [1.165, 1.54) is 12.1 Å². The lowest BCUT2D eigenvalue weighted by atomic mass is 10.1. The highest BCUT2D eigenvalue weighted by Gasteiger charge is 2.32. The standard InChI is InChI=1S/C15H12F3N3O2S/c1-9-5-2-3-6-10(9)12(22)20-21-13(23)11-7-4-8-19-14(11)24-15(16,17)18/h2-8H,1H3,(H,20,22)(H,21,23). The van der Waals surface area contributed by atoms with Crippen molar-refractivity contribution in [2.24, 2.45) is 0 Å². The Hall–Kier alpha value is -2.55. The van der Waals surface area contributed by atoms with Crippen LogP contribution in [0.2, 0.25) is 0 Å². The van der Waals surface area contributed by atoms with Crippen molar-refractivity contribution in [2.45, 2.75) is 17.5 Å². The van der Waals surface area contributed by atoms with Gasteiger partial charge in [-0.25, -0.2) is 4.98 Å². The molecule has 1 aromatic heterocycles. The summed E-state index contributed by atoms with van der Waals surface area (Å²) in [4.78, 5) is 27.6. The van der Waals surface area contributed by atoms with Crippen LogP contribution in [0.15, 0.2) is 47.6 Å². The van der Waals surface area contributed by atoms with Crippen molar-refractivity contribution in [3.63, 3.8) is 0 Å². The Kier molecular flexibility index (Phi) is 5.45. The minimum absolute atomic E-state index is 0.287. The van der Waals surface area contributed by atoms with E-state index in [4.69, 9.17) is 0 Å². The first-order valence-electron chi connectivity index (χ1n) is 6.65. The Bertz CT molecular complexity index is 766. The highest BCUT2D eigenvalue weighted by molar-refractivity contribution is 8.00. The van der Waals surface area contributed by atoms with Gasteiger partial charge in [0.25, 0.3) is 11.8 Å². The SMILES string of the molecule is Cc1ccccc1C(=O)NNC(=O)c1cccnc1SC(F)(F)F. The number of aryl methyl sites for hydroxylation is 1. The zero-order valence-electron chi connectivity index (χ0n) is 12.3. The number of thioether (sulfide) groups is 1. The molecule has 0 spiro atoms. The van der Waals surface area contributed by atoms with Crippen LogP contribution < -0.4 is 10.9 Å². The fourth-order valence-electron chi connectivity index (χ4n) is 1.83. The summed E-state index contributed by atoms with van der Waals surface area (Å²) in [5, 5.41) is -0.493. The Morgan fingerprint density at radius 1 is 1.00 bits per heavy atom. The highest BCUT2D eigenvalue weighted by atomic mass is 32.2. The summed E-state index contributed by atoms with van der Waals surface area (Å²) in [5.41, 5.74) is 0.435. The number of nitrogens with zero attached hydrogens (tertiary/aromatic N) is 1. The van der Waals surface area contributed by atoms with Gasteiger partial charge in [-0.05, 0) is 30.7 Å². The number of nitrogens with one attached hydrogen (secondary N) is 2. The average Bonchev–Trinajstić information content (AvgIpc) is 2.51. The molecule has 2 aromatic rings. The van der Waals surface area contributed by atoms with Gasteiger partial charge < -0.3 is 0 Å². The lowest BCUT2D eigenvalue weighted by Gasteiger charge is -2.11. The molecule has 1 aromatic carbocycles. The van der Waals surface area contributed by atoms with E-state index < -0.39 is 34.1 Å². The molecule has 0 saturated heterocycles. The van der Waals surface area contributed by atoms with Crippen LogP contribution in [0.5, 0.6) is 0 Å². The largest absolute Gasteiger partial charge is 0.447 e. The first-order valence-corrected chi connectivity index (χ1v) is 7.46. The second kappa shape index (κ2) is 7.35. The summed E-state index contributed by atoms with van der Waals surface area (Å²) >= 11 is -0.496. The molecule has 2 N–H and O–H groups in total. The number of alkyl halides is 3. The molecular weight excluding hydrogens is 343 g/mol. The summed E-state index contributed by atoms with van der Waals surface area (Å²) < 4.78 is 37.5. The van der Waals surface area contributed by atoms with Crippen LogP contribution in [0.4, 0.5) is 13.2 Å². The zero-order valence-corrected chi connectivity index (χ0v) is 13.2. The van der Waals surface area contributed by atoms with Crippen molar-refractivity contribution in [3.8, 4) is 0 Å². The molecule has 2 rings (SSSR count). The van der Waals surface area contributed by atoms with E-state index in [0.717, 1.165) is 6.20 Å². The Morgan fingerprint density at radius 3 is 2.21 bits per heavy atom. The second-order valence-electron chi connectivity index (χ2n) is 4.63. The molecule has 0 bridgehead atoms. The Balaban J connectivity index is 2.08. The lowest BCUT2D eigenvalue weighted by molar-refractivity contribution is -0.0329. The first kappa shape index (κ1) is 17.8. The van der Waals surface area contributed by atoms with Gasteiger partial charge in [0.1, 0.15) is 5.03 Å². The average molecular weight is 355 g/mol. The molecule has 2 amide bonds. The number of carbonyl (C=O) groups excluding carboxylic acids is 2. The Labute approximate surface area is 139 Å². The molecule has 9 heteroatoms. The van der Waals surface area contributed by atoms with Crippen LogP contribution in [0.3, 0.4) is 0 Å². The van der Waals surface area contributed by atoms with Crippen molar-refractivity contribution in [1.82, 2.24) is 15.8 Å². The van der Waals surface area contributed by atoms with E-state index in [-0.39, 0.29) is 5.56 Å². The number of rotatable bonds is 3. The molecular formula is C15H12F3N3O2S. The minimum atomic E-state index is -4.58. The summed E-state index contributed by atoms with van der Waals surface area (Å²) in [6.07, 6.45) is 1.15. The fraction of sp³-hybridized carbons (Fsp3) is 0.133. The normalized spacial score (nSPS) is 11.0. The third-order valence-electron chi connectivity index (χ3n) is 2.91. The number of benzene rings is 1. The Morgan fingerprint density at radius 2 is 1.58 bits per heavy atom. The van der Waals surface area contributed by atoms with Gasteiger partial charge in [0.2, 0.25) is 0 Å². The topological polar surface area (TPSA) is 71.1 Å². The van der Waals surface area contributed by atoms with Crippen molar-refractivity contribution in [3.05, 3.63) is 59.3 Å². The van der Waals surface area contributed by atoms with Crippen molar-refractivity contribution in [1.29, 1.82) is 0 Å². The molecule has 0 aliphatic rings. The van der Waals surface area contributed by atoms with Crippen LogP contribution in [0.1, 0.15) is 26.3 Å². The zero-order chi connectivity index (χ0) is 17.7. The third-order valence-corrected chi connectivity index (χ3v) is 3.66. The van der Waals surface area contributed by atoms with Crippen LogP contribution in [0.25, 0.3) is 0 Å². The molecule has 0 atom stereocenters. The number of halogens is 3. The maximum atomic E-state index is 12.5. The maximum absolute atomic E-state index is 12.5. The van der Waals surface area contributed by atoms with Crippen molar-refractivity contribution >= 4 is 23.6 Å². The summed E-state index contributed by atoms with van der Waals surface area (Å²) in [7, 11) is 0. The number of carbonyl (C=O) groups is 2. The minimum Gasteiger partial charge on any atom is -0.267 e. The lowest BCUT2D eigenvalue weighted by Crippen LogP contribution is -2.42. The maximum Gasteiger partial charge on any atom is 0.447 e. The van der Waals surface area contributed by atoms with Gasteiger partial charge in [0.05, 0.1) is 5.56 Å². The van der Waals surface area contributed by atoms with Crippen LogP contribution in [0, 0.1) is 6.92 Å². The number of aromatic nitrogens is 1. The van der Waals surface area contributed by atoms with Gasteiger partial charge in [0.15, 0.2) is 0 Å². The summed E-state index contributed by atoms with van der Waals surface area (Å²) in [5.74, 6) is -1.47. The molecule has 0 radical (unpaired) electrons. The van der Waals surface area contributed by atoms with Crippen LogP contribution in [-0.4, -0.2) is 22.3 Å². The number of pyridine rings is 1. The molecule has 5 nitrogen and oxygen atoms in total. The van der Waals surface area contributed by atoms with Crippen molar-refractivity contribution < 1.29 is 22.8 Å².